The van der Waals surface area contributed by atoms with E-state index in [-0.39, 0.29) is 24.5 Å². The molecule has 2 heterocycles. The van der Waals surface area contributed by atoms with Gasteiger partial charge in [0.05, 0.1) is 12.6 Å². The summed E-state index contributed by atoms with van der Waals surface area (Å²) in [6.45, 7) is 3.33. The van der Waals surface area contributed by atoms with E-state index in [9.17, 15) is 18.4 Å². The number of carbonyl (C=O) groups is 2. The van der Waals surface area contributed by atoms with Crippen LogP contribution >= 0.6 is 0 Å². The predicted molar refractivity (Wildman–Crippen MR) is 112 cm³/mol. The molecule has 2 aromatic rings. The van der Waals surface area contributed by atoms with Crippen LogP contribution in [0.2, 0.25) is 0 Å². The van der Waals surface area contributed by atoms with E-state index in [1.807, 2.05) is 19.1 Å². The van der Waals surface area contributed by atoms with Gasteiger partial charge in [-0.25, -0.2) is 8.78 Å². The highest BCUT2D eigenvalue weighted by Crippen LogP contribution is 2.32. The molecule has 162 valence electrons. The van der Waals surface area contributed by atoms with Gasteiger partial charge in [0, 0.05) is 37.2 Å². The summed E-state index contributed by atoms with van der Waals surface area (Å²) < 4.78 is 27.1. The number of nitrogens with zero attached hydrogens (tertiary/aromatic N) is 3. The zero-order valence-electron chi connectivity index (χ0n) is 17.6. The second kappa shape index (κ2) is 9.34. The van der Waals surface area contributed by atoms with Gasteiger partial charge in [0.25, 0.3) is 5.92 Å². The number of alkyl halides is 2. The molecule has 2 atom stereocenters. The molecule has 0 spiro atoms. The molecular formula is C24H25F2N3O2. The third kappa shape index (κ3) is 5.52. The summed E-state index contributed by atoms with van der Waals surface area (Å²) >= 11 is 0. The van der Waals surface area contributed by atoms with Gasteiger partial charge in [0.2, 0.25) is 5.91 Å². The lowest BCUT2D eigenvalue weighted by Gasteiger charge is -2.19. The molecule has 5 nitrogen and oxygen atoms in total. The Morgan fingerprint density at radius 2 is 1.97 bits per heavy atom. The van der Waals surface area contributed by atoms with Crippen molar-refractivity contribution in [3.05, 3.63) is 65.0 Å². The zero-order valence-corrected chi connectivity index (χ0v) is 17.6. The van der Waals surface area contributed by atoms with Crippen molar-refractivity contribution in [1.29, 1.82) is 5.26 Å². The number of halogens is 2. The molecule has 0 bridgehead atoms. The summed E-state index contributed by atoms with van der Waals surface area (Å²) in [5.74, 6) is -3.73. The molecule has 0 aliphatic carbocycles. The summed E-state index contributed by atoms with van der Waals surface area (Å²) in [5.41, 5.74) is 3.61. The summed E-state index contributed by atoms with van der Waals surface area (Å²) in [7, 11) is 0. The Morgan fingerprint density at radius 3 is 2.65 bits per heavy atom. The number of ketones is 1. The summed E-state index contributed by atoms with van der Waals surface area (Å²) in [6.07, 6.45) is 2.83. The molecule has 0 radical (unpaired) electrons. The van der Waals surface area contributed by atoms with E-state index >= 15 is 0 Å². The van der Waals surface area contributed by atoms with Crippen molar-refractivity contribution in [3.63, 3.8) is 0 Å². The molecule has 7 heteroatoms. The van der Waals surface area contributed by atoms with Gasteiger partial charge < -0.3 is 4.90 Å². The van der Waals surface area contributed by atoms with E-state index in [4.69, 9.17) is 5.26 Å². The third-order valence-corrected chi connectivity index (χ3v) is 5.68. The maximum Gasteiger partial charge on any atom is 0.268 e. The standard InChI is InChI=1S/C24H25F2N3O2/c1-16-3-5-18(6-4-16)17(2)11-19-14-28-10-9-21(19)22(30)7-8-23(31)29-15-24(25,26)12-20(29)13-27/h3-6,9-10,14,17,20H,7-8,11-12,15H2,1-2H3/t17?,20-/m0/s1. The van der Waals surface area contributed by atoms with Crippen molar-refractivity contribution in [1.82, 2.24) is 9.88 Å². The van der Waals surface area contributed by atoms with Crippen molar-refractivity contribution in [3.8, 4) is 6.07 Å². The summed E-state index contributed by atoms with van der Waals surface area (Å²) in [5, 5.41) is 9.05. The lowest BCUT2D eigenvalue weighted by atomic mass is 9.90. The first-order chi connectivity index (χ1) is 14.7. The number of nitriles is 1. The first kappa shape index (κ1) is 22.5. The number of likely N-dealkylation sites (tertiary alicyclic amines) is 1. The minimum atomic E-state index is -3.07. The molecule has 1 fully saturated rings. The normalized spacial score (nSPS) is 18.4. The molecule has 0 saturated carbocycles. The van der Waals surface area contributed by atoms with Crippen LogP contribution in [0.5, 0.6) is 0 Å². The summed E-state index contributed by atoms with van der Waals surface area (Å²) in [6, 6.07) is 10.5. The van der Waals surface area contributed by atoms with Gasteiger partial charge in [-0.15, -0.1) is 0 Å². The highest BCUT2D eigenvalue weighted by atomic mass is 19.3. The lowest BCUT2D eigenvalue weighted by Crippen LogP contribution is -2.36. The average molecular weight is 425 g/mol. The smallest absolute Gasteiger partial charge is 0.268 e. The minimum Gasteiger partial charge on any atom is -0.320 e. The molecular weight excluding hydrogens is 400 g/mol. The number of amides is 1. The van der Waals surface area contributed by atoms with E-state index in [0.29, 0.717) is 12.0 Å². The van der Waals surface area contributed by atoms with Crippen LogP contribution in [0, 0.1) is 18.3 Å². The van der Waals surface area contributed by atoms with E-state index < -0.39 is 30.8 Å². The van der Waals surface area contributed by atoms with Crippen LogP contribution in [0.1, 0.15) is 59.2 Å². The first-order valence-electron chi connectivity index (χ1n) is 10.3. The maximum absolute atomic E-state index is 13.6. The van der Waals surface area contributed by atoms with Gasteiger partial charge in [-0.1, -0.05) is 36.8 Å². The Morgan fingerprint density at radius 1 is 1.26 bits per heavy atom. The Hall–Kier alpha value is -3.14. The Bertz CT molecular complexity index is 999. The van der Waals surface area contributed by atoms with Crippen LogP contribution < -0.4 is 0 Å². The van der Waals surface area contributed by atoms with Crippen LogP contribution in [-0.4, -0.2) is 40.1 Å². The van der Waals surface area contributed by atoms with E-state index in [2.05, 4.69) is 24.0 Å². The molecule has 1 aliphatic rings. The van der Waals surface area contributed by atoms with E-state index in [1.165, 1.54) is 11.8 Å². The van der Waals surface area contributed by atoms with Crippen LogP contribution in [-0.2, 0) is 11.2 Å². The maximum atomic E-state index is 13.6. The van der Waals surface area contributed by atoms with Gasteiger partial charge >= 0.3 is 0 Å². The third-order valence-electron chi connectivity index (χ3n) is 5.68. The van der Waals surface area contributed by atoms with Gasteiger partial charge in [-0.3, -0.25) is 14.6 Å². The number of pyridine rings is 1. The van der Waals surface area contributed by atoms with E-state index in [0.717, 1.165) is 16.0 Å². The average Bonchev–Trinajstić information content (AvgIpc) is 3.07. The van der Waals surface area contributed by atoms with Crippen molar-refractivity contribution in [2.24, 2.45) is 0 Å². The Balaban J connectivity index is 1.65. The van der Waals surface area contributed by atoms with Crippen molar-refractivity contribution >= 4 is 11.7 Å². The number of Topliss-reactive ketones (excluding diaryl/α,β-unsaturated/α-hetero) is 1. The molecule has 1 saturated heterocycles. The van der Waals surface area contributed by atoms with Crippen molar-refractivity contribution < 1.29 is 18.4 Å². The molecule has 1 aliphatic heterocycles. The highest BCUT2D eigenvalue weighted by molar-refractivity contribution is 5.99. The fraction of sp³-hybridized carbons (Fsp3) is 0.417. The zero-order chi connectivity index (χ0) is 22.6. The molecule has 31 heavy (non-hydrogen) atoms. The van der Waals surface area contributed by atoms with Crippen molar-refractivity contribution in [2.75, 3.05) is 6.54 Å². The topological polar surface area (TPSA) is 74.1 Å². The van der Waals surface area contributed by atoms with Crippen LogP contribution in [0.15, 0.2) is 42.7 Å². The second-order valence-corrected chi connectivity index (χ2v) is 8.20. The number of aromatic nitrogens is 1. The monoisotopic (exact) mass is 425 g/mol. The van der Waals surface area contributed by atoms with E-state index in [1.54, 1.807) is 18.3 Å². The lowest BCUT2D eigenvalue weighted by molar-refractivity contribution is -0.132. The number of benzene rings is 1. The molecule has 0 N–H and O–H groups in total. The van der Waals surface area contributed by atoms with Crippen LogP contribution in [0.25, 0.3) is 0 Å². The second-order valence-electron chi connectivity index (χ2n) is 8.20. The van der Waals surface area contributed by atoms with Gasteiger partial charge in [-0.2, -0.15) is 5.26 Å². The first-order valence-corrected chi connectivity index (χ1v) is 10.3. The molecule has 1 amide bonds. The number of rotatable bonds is 7. The minimum absolute atomic E-state index is 0.102. The van der Waals surface area contributed by atoms with Crippen LogP contribution in [0.3, 0.4) is 0 Å². The largest absolute Gasteiger partial charge is 0.320 e. The SMILES string of the molecule is Cc1ccc(C(C)Cc2cnccc2C(=O)CCC(=O)N2CC(F)(F)C[C@H]2C#N)cc1. The Labute approximate surface area is 180 Å². The number of hydrogen-bond acceptors (Lipinski definition) is 4. The molecule has 3 rings (SSSR count). The fourth-order valence-electron chi connectivity index (χ4n) is 3.90. The predicted octanol–water partition coefficient (Wildman–Crippen LogP) is 4.46. The fourth-order valence-corrected chi connectivity index (χ4v) is 3.90. The van der Waals surface area contributed by atoms with Crippen LogP contribution in [0.4, 0.5) is 8.78 Å². The number of carbonyl (C=O) groups excluding carboxylic acids is 2. The number of aryl methyl sites for hydroxylation is 1. The molecule has 1 aromatic heterocycles. The van der Waals surface area contributed by atoms with Gasteiger partial charge in [0.15, 0.2) is 5.78 Å². The number of hydrogen-bond donors (Lipinski definition) is 0. The molecule has 1 aromatic carbocycles. The van der Waals surface area contributed by atoms with Gasteiger partial charge in [0.1, 0.15) is 6.04 Å². The molecule has 1 unspecified atom stereocenters. The summed E-state index contributed by atoms with van der Waals surface area (Å²) in [4.78, 5) is 30.2. The van der Waals surface area contributed by atoms with Crippen molar-refractivity contribution in [2.45, 2.75) is 57.4 Å². The quantitative estimate of drug-likeness (QED) is 0.614. The Kier molecular flexibility index (Phi) is 6.79. The highest BCUT2D eigenvalue weighted by Gasteiger charge is 2.47. The van der Waals surface area contributed by atoms with Gasteiger partial charge in [-0.05, 0) is 36.5 Å².